The van der Waals surface area contributed by atoms with Crippen molar-refractivity contribution in [1.29, 1.82) is 0 Å². The van der Waals surface area contributed by atoms with E-state index in [1.165, 1.54) is 0 Å². The number of nitrogens with zero attached hydrogens (tertiary/aromatic N) is 1. The Morgan fingerprint density at radius 2 is 1.71 bits per heavy atom. The number of hydrogen-bond donors (Lipinski definition) is 1. The first kappa shape index (κ1) is 10.1. The SMILES string of the molecule is C=C(CN)CN1C2COCC1COC2. The Hall–Kier alpha value is -0.420. The van der Waals surface area contributed by atoms with Crippen LogP contribution in [0.3, 0.4) is 0 Å². The second-order valence-corrected chi connectivity index (χ2v) is 4.01. The van der Waals surface area contributed by atoms with Gasteiger partial charge < -0.3 is 15.2 Å². The summed E-state index contributed by atoms with van der Waals surface area (Å²) in [5.41, 5.74) is 6.64. The van der Waals surface area contributed by atoms with Gasteiger partial charge in [-0.05, 0) is 5.57 Å². The maximum Gasteiger partial charge on any atom is 0.0645 e. The number of ether oxygens (including phenoxy) is 2. The molecule has 4 heteroatoms. The summed E-state index contributed by atoms with van der Waals surface area (Å²) in [4.78, 5) is 2.42. The average molecular weight is 198 g/mol. The minimum Gasteiger partial charge on any atom is -0.378 e. The predicted molar refractivity (Wildman–Crippen MR) is 54.1 cm³/mol. The number of hydrogen-bond acceptors (Lipinski definition) is 4. The molecule has 0 aliphatic carbocycles. The molecule has 4 nitrogen and oxygen atoms in total. The smallest absolute Gasteiger partial charge is 0.0645 e. The summed E-state index contributed by atoms with van der Waals surface area (Å²) < 4.78 is 11.0. The van der Waals surface area contributed by atoms with Gasteiger partial charge in [0.2, 0.25) is 0 Å². The van der Waals surface area contributed by atoms with Crippen LogP contribution in [0.2, 0.25) is 0 Å². The molecule has 0 aromatic rings. The van der Waals surface area contributed by atoms with Crippen LogP contribution in [0.1, 0.15) is 0 Å². The van der Waals surface area contributed by atoms with E-state index in [0.29, 0.717) is 18.6 Å². The van der Waals surface area contributed by atoms with Gasteiger partial charge in [0, 0.05) is 13.1 Å². The van der Waals surface area contributed by atoms with Crippen molar-refractivity contribution in [3.8, 4) is 0 Å². The van der Waals surface area contributed by atoms with Crippen LogP contribution in [-0.4, -0.2) is 56.5 Å². The summed E-state index contributed by atoms with van der Waals surface area (Å²) >= 11 is 0. The molecule has 0 unspecified atom stereocenters. The van der Waals surface area contributed by atoms with Crippen LogP contribution in [0.15, 0.2) is 12.2 Å². The number of morpholine rings is 2. The lowest BCUT2D eigenvalue weighted by atomic mass is 10.1. The molecule has 2 saturated heterocycles. The molecule has 0 atom stereocenters. The lowest BCUT2D eigenvalue weighted by Gasteiger charge is -2.45. The molecule has 2 heterocycles. The first-order valence-corrected chi connectivity index (χ1v) is 5.09. The Kier molecular flexibility index (Phi) is 3.18. The second kappa shape index (κ2) is 4.40. The molecule has 0 spiro atoms. The van der Waals surface area contributed by atoms with E-state index in [0.717, 1.165) is 38.5 Å². The van der Waals surface area contributed by atoms with E-state index in [1.54, 1.807) is 0 Å². The fraction of sp³-hybridized carbons (Fsp3) is 0.800. The van der Waals surface area contributed by atoms with E-state index in [9.17, 15) is 0 Å². The molecule has 2 rings (SSSR count). The van der Waals surface area contributed by atoms with E-state index in [4.69, 9.17) is 15.2 Å². The van der Waals surface area contributed by atoms with Gasteiger partial charge in [0.25, 0.3) is 0 Å². The monoisotopic (exact) mass is 198 g/mol. The van der Waals surface area contributed by atoms with Gasteiger partial charge >= 0.3 is 0 Å². The van der Waals surface area contributed by atoms with Crippen LogP contribution in [-0.2, 0) is 9.47 Å². The van der Waals surface area contributed by atoms with Gasteiger partial charge in [0.1, 0.15) is 0 Å². The normalized spacial score (nSPS) is 32.9. The molecular weight excluding hydrogens is 180 g/mol. The molecule has 0 amide bonds. The molecule has 14 heavy (non-hydrogen) atoms. The maximum atomic E-state index is 5.55. The van der Waals surface area contributed by atoms with Crippen LogP contribution >= 0.6 is 0 Å². The second-order valence-electron chi connectivity index (χ2n) is 4.01. The highest BCUT2D eigenvalue weighted by molar-refractivity contribution is 5.02. The molecule has 0 saturated carbocycles. The zero-order valence-corrected chi connectivity index (χ0v) is 8.45. The Balaban J connectivity index is 1.98. The fourth-order valence-corrected chi connectivity index (χ4v) is 2.04. The fourth-order valence-electron chi connectivity index (χ4n) is 2.04. The first-order valence-electron chi connectivity index (χ1n) is 5.09. The maximum absolute atomic E-state index is 5.55. The van der Waals surface area contributed by atoms with Gasteiger partial charge in [0.15, 0.2) is 0 Å². The molecule has 2 N–H and O–H groups in total. The third-order valence-electron chi connectivity index (χ3n) is 2.87. The standard InChI is InChI=1S/C10H18N2O2/c1-8(2-11)3-12-9-4-13-6-10(12)7-14-5-9/h9-10H,1-7,11H2. The molecule has 2 aliphatic rings. The van der Waals surface area contributed by atoms with Crippen molar-refractivity contribution in [2.24, 2.45) is 5.73 Å². The minimum absolute atomic E-state index is 0.394. The summed E-state index contributed by atoms with van der Waals surface area (Å²) in [5.74, 6) is 0. The summed E-state index contributed by atoms with van der Waals surface area (Å²) in [7, 11) is 0. The van der Waals surface area contributed by atoms with Crippen LogP contribution in [0.5, 0.6) is 0 Å². The summed E-state index contributed by atoms with van der Waals surface area (Å²) in [6, 6.07) is 0.789. The number of rotatable bonds is 3. The highest BCUT2D eigenvalue weighted by Gasteiger charge is 2.35. The molecular formula is C10H18N2O2. The number of nitrogens with two attached hydrogens (primary N) is 1. The highest BCUT2D eigenvalue weighted by atomic mass is 16.5. The van der Waals surface area contributed by atoms with Crippen LogP contribution < -0.4 is 5.73 Å². The molecule has 0 aromatic heterocycles. The third-order valence-corrected chi connectivity index (χ3v) is 2.87. The third kappa shape index (κ3) is 1.98. The van der Waals surface area contributed by atoms with Gasteiger partial charge in [0.05, 0.1) is 38.5 Å². The van der Waals surface area contributed by atoms with Crippen molar-refractivity contribution in [3.05, 3.63) is 12.2 Å². The largest absolute Gasteiger partial charge is 0.378 e. The lowest BCUT2D eigenvalue weighted by Crippen LogP contribution is -2.60. The van der Waals surface area contributed by atoms with Crippen molar-refractivity contribution >= 4 is 0 Å². The molecule has 80 valence electrons. The highest BCUT2D eigenvalue weighted by Crippen LogP contribution is 2.19. The number of fused-ring (bicyclic) bond motifs is 2. The Labute approximate surface area is 84.6 Å². The van der Waals surface area contributed by atoms with E-state index >= 15 is 0 Å². The van der Waals surface area contributed by atoms with E-state index in [2.05, 4.69) is 11.5 Å². The molecule has 2 aliphatic heterocycles. The van der Waals surface area contributed by atoms with Crippen molar-refractivity contribution in [3.63, 3.8) is 0 Å². The summed E-state index contributed by atoms with van der Waals surface area (Å²) in [5, 5.41) is 0. The van der Waals surface area contributed by atoms with Gasteiger partial charge in [-0.15, -0.1) is 0 Å². The lowest BCUT2D eigenvalue weighted by molar-refractivity contribution is -0.133. The van der Waals surface area contributed by atoms with E-state index in [-0.39, 0.29) is 0 Å². The van der Waals surface area contributed by atoms with Crippen LogP contribution in [0.25, 0.3) is 0 Å². The topological polar surface area (TPSA) is 47.7 Å². The van der Waals surface area contributed by atoms with E-state index < -0.39 is 0 Å². The molecule has 0 radical (unpaired) electrons. The van der Waals surface area contributed by atoms with Crippen molar-refractivity contribution in [2.75, 3.05) is 39.5 Å². The first-order chi connectivity index (χ1) is 6.81. The summed E-state index contributed by atoms with van der Waals surface area (Å²) in [6.07, 6.45) is 0. The van der Waals surface area contributed by atoms with Crippen molar-refractivity contribution in [1.82, 2.24) is 4.90 Å². The van der Waals surface area contributed by atoms with Crippen LogP contribution in [0, 0.1) is 0 Å². The molecule has 0 aromatic carbocycles. The van der Waals surface area contributed by atoms with E-state index in [1.807, 2.05) is 0 Å². The summed E-state index contributed by atoms with van der Waals surface area (Å²) in [6.45, 7) is 8.49. The quantitative estimate of drug-likeness (QED) is 0.627. The minimum atomic E-state index is 0.394. The van der Waals surface area contributed by atoms with Gasteiger partial charge in [-0.1, -0.05) is 6.58 Å². The van der Waals surface area contributed by atoms with Crippen LogP contribution in [0.4, 0.5) is 0 Å². The predicted octanol–water partition coefficient (Wildman–Crippen LogP) is -0.399. The van der Waals surface area contributed by atoms with Crippen molar-refractivity contribution < 1.29 is 9.47 Å². The Bertz CT molecular complexity index is 198. The Morgan fingerprint density at radius 1 is 1.21 bits per heavy atom. The molecule has 2 fully saturated rings. The zero-order valence-electron chi connectivity index (χ0n) is 8.45. The van der Waals surface area contributed by atoms with Gasteiger partial charge in [-0.3, -0.25) is 4.90 Å². The Morgan fingerprint density at radius 3 is 2.14 bits per heavy atom. The van der Waals surface area contributed by atoms with Gasteiger partial charge in [-0.25, -0.2) is 0 Å². The average Bonchev–Trinajstić information content (AvgIpc) is 2.17. The van der Waals surface area contributed by atoms with Gasteiger partial charge in [-0.2, -0.15) is 0 Å². The van der Waals surface area contributed by atoms with Crippen molar-refractivity contribution in [2.45, 2.75) is 12.1 Å². The zero-order chi connectivity index (χ0) is 9.97. The molecule has 2 bridgehead atoms.